The number of carbonyl (C=O) groups is 1. The minimum absolute atomic E-state index is 0.154. The zero-order valence-corrected chi connectivity index (χ0v) is 16.1. The molecule has 25 heavy (non-hydrogen) atoms. The predicted molar refractivity (Wildman–Crippen MR) is 101 cm³/mol. The molecule has 3 nitrogen and oxygen atoms in total. The normalized spacial score (nSPS) is 11.4. The minimum atomic E-state index is -0.239. The summed E-state index contributed by atoms with van der Waals surface area (Å²) in [5.41, 5.74) is 4.71. The first kappa shape index (κ1) is 19.0. The fraction of sp³-hybridized carbons (Fsp3) is 0.409. The number of hydrogen-bond donors (Lipinski definition) is 1. The third-order valence-corrected chi connectivity index (χ3v) is 4.70. The summed E-state index contributed by atoms with van der Waals surface area (Å²) in [6.45, 7) is 12.1. The molecule has 0 amide bonds. The summed E-state index contributed by atoms with van der Waals surface area (Å²) in [7, 11) is 0. The fourth-order valence-corrected chi connectivity index (χ4v) is 2.88. The van der Waals surface area contributed by atoms with E-state index in [4.69, 9.17) is 4.74 Å². The molecule has 0 bridgehead atoms. The number of aromatic hydroxyl groups is 1. The number of esters is 1. The molecule has 0 aromatic heterocycles. The second-order valence-corrected chi connectivity index (χ2v) is 7.67. The van der Waals surface area contributed by atoms with Crippen molar-refractivity contribution in [3.05, 3.63) is 58.1 Å². The van der Waals surface area contributed by atoms with E-state index in [0.717, 1.165) is 27.8 Å². The van der Waals surface area contributed by atoms with Gasteiger partial charge in [-0.15, -0.1) is 0 Å². The van der Waals surface area contributed by atoms with Crippen molar-refractivity contribution in [2.45, 2.75) is 59.8 Å². The van der Waals surface area contributed by atoms with Crippen LogP contribution in [0.5, 0.6) is 11.5 Å². The Morgan fingerprint density at radius 3 is 2.32 bits per heavy atom. The Hall–Kier alpha value is -2.29. The molecular formula is C22H28O3. The van der Waals surface area contributed by atoms with Gasteiger partial charge in [0.15, 0.2) is 0 Å². The first-order chi connectivity index (χ1) is 11.6. The molecule has 0 saturated carbocycles. The summed E-state index contributed by atoms with van der Waals surface area (Å²) in [6, 6.07) is 9.54. The molecule has 2 aromatic rings. The molecule has 0 spiro atoms. The number of carbonyl (C=O) groups excluding carboxylic acids is 1. The zero-order valence-electron chi connectivity index (χ0n) is 16.1. The summed E-state index contributed by atoms with van der Waals surface area (Å²) in [5, 5.41) is 10.4. The number of aryl methyl sites for hydroxylation is 2. The van der Waals surface area contributed by atoms with Crippen LogP contribution < -0.4 is 4.74 Å². The van der Waals surface area contributed by atoms with Crippen molar-refractivity contribution in [2.24, 2.45) is 0 Å². The maximum atomic E-state index is 12.2. The van der Waals surface area contributed by atoms with Crippen molar-refractivity contribution >= 4 is 5.97 Å². The Morgan fingerprint density at radius 1 is 1.08 bits per heavy atom. The quantitative estimate of drug-likeness (QED) is 0.618. The van der Waals surface area contributed by atoms with Crippen LogP contribution in [0.25, 0.3) is 0 Å². The number of hydrogen-bond acceptors (Lipinski definition) is 3. The lowest BCUT2D eigenvalue weighted by Gasteiger charge is -2.24. The van der Waals surface area contributed by atoms with E-state index in [2.05, 4.69) is 20.8 Å². The zero-order chi connectivity index (χ0) is 18.8. The maximum absolute atomic E-state index is 12.2. The van der Waals surface area contributed by atoms with E-state index in [9.17, 15) is 9.90 Å². The summed E-state index contributed by atoms with van der Waals surface area (Å²) in [5.74, 6) is 0.731. The van der Waals surface area contributed by atoms with Gasteiger partial charge in [0.2, 0.25) is 0 Å². The molecule has 134 valence electrons. The first-order valence-corrected chi connectivity index (χ1v) is 8.70. The molecule has 0 aliphatic rings. The van der Waals surface area contributed by atoms with E-state index in [0.29, 0.717) is 24.3 Å². The third-order valence-electron chi connectivity index (χ3n) is 4.70. The van der Waals surface area contributed by atoms with Gasteiger partial charge in [-0.3, -0.25) is 4.79 Å². The van der Waals surface area contributed by atoms with Gasteiger partial charge in [-0.25, -0.2) is 0 Å². The number of para-hydroxylation sites is 1. The van der Waals surface area contributed by atoms with E-state index < -0.39 is 0 Å². The Morgan fingerprint density at radius 2 is 1.72 bits per heavy atom. The number of phenolic OH excluding ortho intramolecular Hbond substituents is 1. The molecular weight excluding hydrogens is 312 g/mol. The third kappa shape index (κ3) is 4.41. The Labute approximate surface area is 150 Å². The van der Waals surface area contributed by atoms with Crippen molar-refractivity contribution in [2.75, 3.05) is 0 Å². The van der Waals surface area contributed by atoms with Gasteiger partial charge < -0.3 is 9.84 Å². The molecule has 3 heteroatoms. The van der Waals surface area contributed by atoms with Gasteiger partial charge >= 0.3 is 5.97 Å². The van der Waals surface area contributed by atoms with Gasteiger partial charge in [-0.1, -0.05) is 45.0 Å². The number of phenols is 1. The average Bonchev–Trinajstić information content (AvgIpc) is 2.53. The number of rotatable bonds is 4. The number of benzene rings is 2. The average molecular weight is 340 g/mol. The molecule has 0 saturated heterocycles. The topological polar surface area (TPSA) is 46.5 Å². The molecule has 2 aromatic carbocycles. The molecule has 2 rings (SSSR count). The van der Waals surface area contributed by atoms with Gasteiger partial charge in [0.05, 0.1) is 0 Å². The Bertz CT molecular complexity index is 783. The molecule has 1 N–H and O–H groups in total. The van der Waals surface area contributed by atoms with Gasteiger partial charge in [0.25, 0.3) is 0 Å². The highest BCUT2D eigenvalue weighted by molar-refractivity contribution is 5.73. The van der Waals surface area contributed by atoms with Crippen LogP contribution in [0.4, 0.5) is 0 Å². The van der Waals surface area contributed by atoms with E-state index >= 15 is 0 Å². The fourth-order valence-electron chi connectivity index (χ4n) is 2.88. The Balaban J connectivity index is 2.16. The molecule has 0 fully saturated rings. The molecule has 0 heterocycles. The summed E-state index contributed by atoms with van der Waals surface area (Å²) >= 11 is 0. The summed E-state index contributed by atoms with van der Waals surface area (Å²) in [4.78, 5) is 12.2. The highest BCUT2D eigenvalue weighted by Crippen LogP contribution is 2.36. The van der Waals surface area contributed by atoms with E-state index in [1.54, 1.807) is 6.07 Å². The molecule has 0 aliphatic carbocycles. The molecule has 0 aliphatic heterocycles. The SMILES string of the molecule is Cc1ccccc1OC(=O)CCc1cc(C(C)(C)C)c(O)c(C)c1C. The van der Waals surface area contributed by atoms with Gasteiger partial charge in [-0.05, 0) is 66.5 Å². The van der Waals surface area contributed by atoms with Crippen LogP contribution >= 0.6 is 0 Å². The highest BCUT2D eigenvalue weighted by atomic mass is 16.5. The molecule has 0 unspecified atom stereocenters. The lowest BCUT2D eigenvalue weighted by atomic mass is 9.82. The molecule has 0 radical (unpaired) electrons. The van der Waals surface area contributed by atoms with Gasteiger partial charge in [0, 0.05) is 6.42 Å². The lowest BCUT2D eigenvalue weighted by molar-refractivity contribution is -0.134. The van der Waals surface area contributed by atoms with Crippen LogP contribution in [0.3, 0.4) is 0 Å². The van der Waals surface area contributed by atoms with E-state index in [1.807, 2.05) is 45.0 Å². The maximum Gasteiger partial charge on any atom is 0.311 e. The van der Waals surface area contributed by atoms with Crippen molar-refractivity contribution < 1.29 is 14.6 Å². The smallest absolute Gasteiger partial charge is 0.311 e. The lowest BCUT2D eigenvalue weighted by Crippen LogP contribution is -2.14. The van der Waals surface area contributed by atoms with Crippen LogP contribution in [-0.2, 0) is 16.6 Å². The largest absolute Gasteiger partial charge is 0.507 e. The predicted octanol–water partition coefficient (Wildman–Crippen LogP) is 5.15. The molecule has 0 atom stereocenters. The second-order valence-electron chi connectivity index (χ2n) is 7.67. The van der Waals surface area contributed by atoms with E-state index in [-0.39, 0.29) is 11.4 Å². The highest BCUT2D eigenvalue weighted by Gasteiger charge is 2.22. The van der Waals surface area contributed by atoms with Gasteiger partial charge in [0.1, 0.15) is 11.5 Å². The monoisotopic (exact) mass is 340 g/mol. The van der Waals surface area contributed by atoms with Crippen LogP contribution in [0.2, 0.25) is 0 Å². The van der Waals surface area contributed by atoms with Crippen molar-refractivity contribution in [3.63, 3.8) is 0 Å². The van der Waals surface area contributed by atoms with Gasteiger partial charge in [-0.2, -0.15) is 0 Å². The second kappa shape index (κ2) is 7.30. The summed E-state index contributed by atoms with van der Waals surface area (Å²) < 4.78 is 5.47. The van der Waals surface area contributed by atoms with Crippen LogP contribution in [0.15, 0.2) is 30.3 Å². The van der Waals surface area contributed by atoms with Crippen molar-refractivity contribution in [3.8, 4) is 11.5 Å². The number of ether oxygens (including phenoxy) is 1. The standard InChI is InChI=1S/C22H28O3/c1-14-9-7-8-10-19(14)25-20(23)12-11-17-13-18(22(4,5)6)21(24)16(3)15(17)2/h7-10,13,24H,11-12H2,1-6H3. The van der Waals surface area contributed by atoms with Crippen LogP contribution in [0.1, 0.15) is 55.0 Å². The van der Waals surface area contributed by atoms with E-state index in [1.165, 1.54) is 0 Å². The first-order valence-electron chi connectivity index (χ1n) is 8.70. The van der Waals surface area contributed by atoms with Crippen LogP contribution in [0, 0.1) is 20.8 Å². The van der Waals surface area contributed by atoms with Crippen molar-refractivity contribution in [1.29, 1.82) is 0 Å². The Kier molecular flexibility index (Phi) is 5.56. The van der Waals surface area contributed by atoms with Crippen LogP contribution in [-0.4, -0.2) is 11.1 Å². The summed E-state index contributed by atoms with van der Waals surface area (Å²) in [6.07, 6.45) is 0.906. The minimum Gasteiger partial charge on any atom is -0.507 e. The van der Waals surface area contributed by atoms with Crippen molar-refractivity contribution in [1.82, 2.24) is 0 Å².